The average Bonchev–Trinajstić information content (AvgIpc) is 3.35. The number of carbonyl (C=O) groups is 2. The zero-order chi connectivity index (χ0) is 22.3. The van der Waals surface area contributed by atoms with Gasteiger partial charge in [-0.15, -0.1) is 0 Å². The van der Waals surface area contributed by atoms with Crippen molar-refractivity contribution in [3.8, 4) is 0 Å². The summed E-state index contributed by atoms with van der Waals surface area (Å²) in [5.41, 5.74) is 0.835. The van der Waals surface area contributed by atoms with Gasteiger partial charge < -0.3 is 18.7 Å². The Hall–Kier alpha value is -1.92. The minimum Gasteiger partial charge on any atom is -0.464 e. The van der Waals surface area contributed by atoms with Gasteiger partial charge in [0.2, 0.25) is 0 Å². The quantitative estimate of drug-likeness (QED) is 0.350. The average molecular weight is 443 g/mol. The molecule has 32 heavy (non-hydrogen) atoms. The van der Waals surface area contributed by atoms with Crippen LogP contribution in [0.1, 0.15) is 62.8 Å². The number of hydrogen-bond donors (Lipinski definition) is 0. The number of hydrogen-bond acceptors (Lipinski definition) is 5. The van der Waals surface area contributed by atoms with Crippen LogP contribution in [0.15, 0.2) is 30.3 Å². The summed E-state index contributed by atoms with van der Waals surface area (Å²) >= 11 is 0. The first-order chi connectivity index (χ1) is 15.4. The highest BCUT2D eigenvalue weighted by Gasteiger charge is 2.70. The molecule has 1 unspecified atom stereocenters. The first kappa shape index (κ1) is 21.9. The van der Waals surface area contributed by atoms with E-state index in [0.29, 0.717) is 36.6 Å². The highest BCUT2D eigenvalue weighted by atomic mass is 16.6. The normalized spacial score (nSPS) is 33.4. The van der Waals surface area contributed by atoms with Gasteiger partial charge in [-0.2, -0.15) is 0 Å². The van der Waals surface area contributed by atoms with Gasteiger partial charge in [0.25, 0.3) is 0 Å². The number of epoxide rings is 1. The summed E-state index contributed by atoms with van der Waals surface area (Å²) in [6, 6.07) is 10.3. The first-order valence-corrected chi connectivity index (χ1v) is 12.3. The third-order valence-electron chi connectivity index (χ3n) is 8.45. The van der Waals surface area contributed by atoms with Crippen molar-refractivity contribution in [1.82, 2.24) is 0 Å². The Morgan fingerprint density at radius 1 is 1.06 bits per heavy atom. The number of likely N-dealkylation sites (N-methyl/N-ethyl adjacent to an activating group) is 1. The highest BCUT2D eigenvalue weighted by molar-refractivity contribution is 5.79. The molecule has 0 aromatic heterocycles. The molecule has 4 aliphatic rings. The second-order valence-electron chi connectivity index (χ2n) is 10.7. The summed E-state index contributed by atoms with van der Waals surface area (Å²) in [7, 11) is 4.53. The molecule has 0 radical (unpaired) electrons. The summed E-state index contributed by atoms with van der Waals surface area (Å²) in [4.78, 5) is 25.6. The molecule has 1 aromatic carbocycles. The van der Waals surface area contributed by atoms with Gasteiger partial charge in [-0.3, -0.25) is 9.59 Å². The van der Waals surface area contributed by atoms with Crippen molar-refractivity contribution in [1.29, 1.82) is 0 Å². The van der Waals surface area contributed by atoms with Crippen molar-refractivity contribution in [2.24, 2.45) is 5.92 Å². The number of nitrogens with zero attached hydrogens (tertiary/aromatic N) is 1. The molecule has 0 N–H and O–H groups in total. The van der Waals surface area contributed by atoms with Crippen molar-refractivity contribution in [3.63, 3.8) is 0 Å². The molecule has 6 heteroatoms. The van der Waals surface area contributed by atoms with E-state index in [-0.39, 0.29) is 24.6 Å². The van der Waals surface area contributed by atoms with Crippen LogP contribution in [0.4, 0.5) is 0 Å². The first-order valence-electron chi connectivity index (χ1n) is 12.3. The van der Waals surface area contributed by atoms with E-state index in [0.717, 1.165) is 29.3 Å². The van der Waals surface area contributed by atoms with Gasteiger partial charge in [-0.05, 0) is 17.9 Å². The zero-order valence-electron chi connectivity index (χ0n) is 19.3. The number of morpholine rings is 1. The van der Waals surface area contributed by atoms with E-state index in [4.69, 9.17) is 14.2 Å². The summed E-state index contributed by atoms with van der Waals surface area (Å²) in [5.74, 6) is -0.430. The second-order valence-corrected chi connectivity index (χ2v) is 10.7. The molecule has 1 aromatic rings. The molecule has 6 atom stereocenters. The summed E-state index contributed by atoms with van der Waals surface area (Å²) in [5, 5.41) is 0. The Morgan fingerprint density at radius 3 is 2.38 bits per heavy atom. The number of benzene rings is 1. The summed E-state index contributed by atoms with van der Waals surface area (Å²) < 4.78 is 18.4. The van der Waals surface area contributed by atoms with Crippen LogP contribution in [0.3, 0.4) is 0 Å². The molecular weight excluding hydrogens is 406 g/mol. The van der Waals surface area contributed by atoms with Crippen LogP contribution >= 0.6 is 0 Å². The second kappa shape index (κ2) is 8.79. The monoisotopic (exact) mass is 442 g/mol. The van der Waals surface area contributed by atoms with Crippen molar-refractivity contribution in [2.45, 2.75) is 87.7 Å². The molecule has 174 valence electrons. The lowest BCUT2D eigenvalue weighted by atomic mass is 9.95. The molecule has 3 saturated heterocycles. The fourth-order valence-corrected chi connectivity index (χ4v) is 6.40. The lowest BCUT2D eigenvalue weighted by Crippen LogP contribution is -2.60. The van der Waals surface area contributed by atoms with E-state index in [9.17, 15) is 9.59 Å². The topological polar surface area (TPSA) is 65.1 Å². The molecule has 3 aliphatic heterocycles. The van der Waals surface area contributed by atoms with Crippen molar-refractivity contribution < 1.29 is 28.3 Å². The molecule has 2 bridgehead atoms. The van der Waals surface area contributed by atoms with Crippen LogP contribution in [0.25, 0.3) is 0 Å². The van der Waals surface area contributed by atoms with Gasteiger partial charge in [0.1, 0.15) is 42.9 Å². The minimum absolute atomic E-state index is 0.0435. The van der Waals surface area contributed by atoms with Crippen LogP contribution in [-0.2, 0) is 23.8 Å². The summed E-state index contributed by atoms with van der Waals surface area (Å²) in [6.07, 6.45) is 8.53. The van der Waals surface area contributed by atoms with E-state index in [1.807, 2.05) is 30.3 Å². The van der Waals surface area contributed by atoms with E-state index >= 15 is 0 Å². The lowest BCUT2D eigenvalue weighted by molar-refractivity contribution is -0.938. The van der Waals surface area contributed by atoms with Crippen LogP contribution < -0.4 is 0 Å². The number of ether oxygens (including phenoxy) is 3. The Bertz CT molecular complexity index is 814. The summed E-state index contributed by atoms with van der Waals surface area (Å²) in [6.45, 7) is 0.0435. The van der Waals surface area contributed by atoms with Gasteiger partial charge in [0.05, 0.1) is 14.1 Å². The van der Waals surface area contributed by atoms with Gasteiger partial charge in [0, 0.05) is 19.3 Å². The molecule has 5 rings (SSSR count). The largest absolute Gasteiger partial charge is 0.464 e. The van der Waals surface area contributed by atoms with E-state index in [1.54, 1.807) is 0 Å². The van der Waals surface area contributed by atoms with Gasteiger partial charge in [-0.1, -0.05) is 56.0 Å². The van der Waals surface area contributed by atoms with Crippen LogP contribution in [0.5, 0.6) is 0 Å². The smallest absolute Gasteiger partial charge is 0.317 e. The lowest BCUT2D eigenvalue weighted by Gasteiger charge is -2.45. The SMILES string of the molecule is C[N+]1(C)[C@@H]2CC(OC(=O)[C@@H](COC(=O)CCC3CCCC3)c3ccccc3)C[C@H]1[C@H]1O[C@@H]12. The number of carbonyl (C=O) groups excluding carboxylic acids is 2. The fourth-order valence-electron chi connectivity index (χ4n) is 6.40. The number of piperidine rings is 1. The van der Waals surface area contributed by atoms with Crippen LogP contribution in [0, 0.1) is 5.92 Å². The Morgan fingerprint density at radius 2 is 1.72 bits per heavy atom. The Kier molecular flexibility index (Phi) is 6.01. The molecule has 4 fully saturated rings. The maximum absolute atomic E-state index is 13.2. The van der Waals surface area contributed by atoms with Gasteiger partial charge in [0.15, 0.2) is 0 Å². The van der Waals surface area contributed by atoms with E-state index in [2.05, 4.69) is 14.1 Å². The van der Waals surface area contributed by atoms with E-state index in [1.165, 1.54) is 25.7 Å². The third-order valence-corrected chi connectivity index (χ3v) is 8.45. The maximum atomic E-state index is 13.2. The van der Waals surface area contributed by atoms with Crippen LogP contribution in [-0.4, -0.2) is 67.5 Å². The molecule has 1 saturated carbocycles. The van der Waals surface area contributed by atoms with Gasteiger partial charge in [-0.25, -0.2) is 0 Å². The molecule has 1 aliphatic carbocycles. The van der Waals surface area contributed by atoms with Crippen LogP contribution in [0.2, 0.25) is 0 Å². The van der Waals surface area contributed by atoms with Gasteiger partial charge >= 0.3 is 11.9 Å². The minimum atomic E-state index is -0.584. The number of rotatable bonds is 8. The predicted molar refractivity (Wildman–Crippen MR) is 119 cm³/mol. The number of quaternary nitrogens is 1. The molecular formula is C26H36NO5+. The molecule has 0 spiro atoms. The third kappa shape index (κ3) is 4.32. The Labute approximate surface area is 190 Å². The molecule has 0 amide bonds. The predicted octanol–water partition coefficient (Wildman–Crippen LogP) is 3.58. The van der Waals surface area contributed by atoms with Crippen molar-refractivity contribution in [3.05, 3.63) is 35.9 Å². The Balaban J connectivity index is 1.18. The molecule has 6 nitrogen and oxygen atoms in total. The van der Waals surface area contributed by atoms with E-state index < -0.39 is 5.92 Å². The standard InChI is InChI=1S/C26H36NO5/c1-27(2)21-14-19(15-22(27)25-24(21)32-25)31-26(29)20(18-10-4-3-5-11-18)16-30-23(28)13-12-17-8-6-7-9-17/h3-5,10-11,17,19-22,24-25H,6-9,12-16H2,1-2H3/q+1/t19?,20-,21-,22+,24+,25+/m0/s1. The highest BCUT2D eigenvalue weighted by Crippen LogP contribution is 2.51. The maximum Gasteiger partial charge on any atom is 0.317 e. The number of fused-ring (bicyclic) bond motifs is 5. The van der Waals surface area contributed by atoms with Crippen molar-refractivity contribution >= 4 is 11.9 Å². The zero-order valence-corrected chi connectivity index (χ0v) is 19.3. The van der Waals surface area contributed by atoms with Crippen molar-refractivity contribution in [2.75, 3.05) is 20.7 Å². The number of esters is 2. The fraction of sp³-hybridized carbons (Fsp3) is 0.692. The molecule has 3 heterocycles.